The van der Waals surface area contributed by atoms with E-state index in [1.807, 2.05) is 0 Å². The lowest BCUT2D eigenvalue weighted by Crippen LogP contribution is -2.39. The molecule has 2 rings (SSSR count). The Morgan fingerprint density at radius 3 is 2.90 bits per heavy atom. The number of nitro benzene ring substituents is 1. The van der Waals surface area contributed by atoms with E-state index in [4.69, 9.17) is 0 Å². The van der Waals surface area contributed by atoms with Gasteiger partial charge in [0.1, 0.15) is 0 Å². The van der Waals surface area contributed by atoms with Crippen LogP contribution in [0.2, 0.25) is 0 Å². The molecular formula is C16H22N2O3. The molecule has 1 aliphatic heterocycles. The molecule has 1 fully saturated rings. The predicted molar refractivity (Wildman–Crippen MR) is 81.6 cm³/mol. The molecule has 5 heteroatoms. The molecule has 1 aromatic rings. The minimum atomic E-state index is -0.432. The number of piperidine rings is 1. The number of aryl methyl sites for hydroxylation is 1. The van der Waals surface area contributed by atoms with Crippen LogP contribution in [0, 0.1) is 23.0 Å². The van der Waals surface area contributed by atoms with Crippen LogP contribution in [0.25, 0.3) is 0 Å². The number of nitrogens with one attached hydrogen (secondary N) is 1. The van der Waals surface area contributed by atoms with Crippen molar-refractivity contribution in [2.45, 2.75) is 45.6 Å². The van der Waals surface area contributed by atoms with Gasteiger partial charge in [0.15, 0.2) is 5.78 Å². The number of ketones is 1. The molecule has 1 heterocycles. The minimum Gasteiger partial charge on any atom is -0.314 e. The van der Waals surface area contributed by atoms with Gasteiger partial charge in [0, 0.05) is 29.7 Å². The van der Waals surface area contributed by atoms with Gasteiger partial charge in [0.25, 0.3) is 5.69 Å². The Labute approximate surface area is 124 Å². The van der Waals surface area contributed by atoms with Crippen LogP contribution >= 0.6 is 0 Å². The van der Waals surface area contributed by atoms with Crippen LogP contribution < -0.4 is 5.32 Å². The molecule has 0 aromatic heterocycles. The fourth-order valence-corrected chi connectivity index (χ4v) is 2.94. The van der Waals surface area contributed by atoms with Gasteiger partial charge in [-0.3, -0.25) is 14.9 Å². The predicted octanol–water partition coefficient (Wildman–Crippen LogP) is 3.25. The van der Waals surface area contributed by atoms with Gasteiger partial charge < -0.3 is 5.32 Å². The van der Waals surface area contributed by atoms with Crippen molar-refractivity contribution in [2.24, 2.45) is 5.92 Å². The molecule has 1 aliphatic rings. The Hall–Kier alpha value is -1.75. The van der Waals surface area contributed by atoms with Crippen LogP contribution in [-0.2, 0) is 0 Å². The van der Waals surface area contributed by atoms with E-state index >= 15 is 0 Å². The Morgan fingerprint density at radius 2 is 2.24 bits per heavy atom. The molecule has 0 bridgehead atoms. The van der Waals surface area contributed by atoms with E-state index in [-0.39, 0.29) is 17.5 Å². The number of nitrogens with zero attached hydrogens (tertiary/aromatic N) is 1. The summed E-state index contributed by atoms with van der Waals surface area (Å²) in [6, 6.07) is 4.92. The number of carbonyl (C=O) groups is 1. The summed E-state index contributed by atoms with van der Waals surface area (Å²) >= 11 is 0. The van der Waals surface area contributed by atoms with Crippen LogP contribution in [-0.4, -0.2) is 23.3 Å². The van der Waals surface area contributed by atoms with Gasteiger partial charge in [-0.05, 0) is 32.2 Å². The minimum absolute atomic E-state index is 0.0175. The van der Waals surface area contributed by atoms with Gasteiger partial charge in [-0.15, -0.1) is 0 Å². The lowest BCUT2D eigenvalue weighted by Gasteiger charge is -2.29. The second-order valence-corrected chi connectivity index (χ2v) is 5.84. The Bertz CT molecular complexity index is 542. The third-order valence-electron chi connectivity index (χ3n) is 4.34. The first-order valence-electron chi connectivity index (χ1n) is 7.53. The molecule has 1 aromatic carbocycles. The molecule has 1 saturated heterocycles. The Morgan fingerprint density at radius 1 is 1.48 bits per heavy atom. The number of rotatable bonds is 5. The molecule has 1 N–H and O–H groups in total. The van der Waals surface area contributed by atoms with E-state index in [1.165, 1.54) is 6.07 Å². The normalized spacial score (nSPS) is 22.0. The van der Waals surface area contributed by atoms with Crippen molar-refractivity contribution >= 4 is 11.5 Å². The molecule has 0 radical (unpaired) electrons. The van der Waals surface area contributed by atoms with Crippen molar-refractivity contribution in [1.82, 2.24) is 5.32 Å². The van der Waals surface area contributed by atoms with Crippen molar-refractivity contribution < 1.29 is 9.72 Å². The molecule has 0 saturated carbocycles. The third kappa shape index (κ3) is 3.88. The zero-order valence-electron chi connectivity index (χ0n) is 12.6. The second-order valence-electron chi connectivity index (χ2n) is 5.84. The SMILES string of the molecule is CCC1CCNC(CC(=O)c2ccc(C)c([N+](=O)[O-])c2)C1. The molecule has 21 heavy (non-hydrogen) atoms. The van der Waals surface area contributed by atoms with E-state index in [0.717, 1.165) is 25.8 Å². The van der Waals surface area contributed by atoms with Crippen molar-refractivity contribution in [1.29, 1.82) is 0 Å². The first-order chi connectivity index (χ1) is 10.0. The highest BCUT2D eigenvalue weighted by Crippen LogP contribution is 2.24. The standard InChI is InChI=1S/C16H22N2O3/c1-3-12-6-7-17-14(8-12)10-16(19)13-5-4-11(2)15(9-13)18(20)21/h4-5,9,12,14,17H,3,6-8,10H2,1-2H3. The largest absolute Gasteiger partial charge is 0.314 e. The number of carbonyl (C=O) groups excluding carboxylic acids is 1. The molecule has 0 amide bonds. The van der Waals surface area contributed by atoms with Gasteiger partial charge in [-0.25, -0.2) is 0 Å². The number of hydrogen-bond donors (Lipinski definition) is 1. The number of nitro groups is 1. The third-order valence-corrected chi connectivity index (χ3v) is 4.34. The molecule has 2 unspecified atom stereocenters. The maximum atomic E-state index is 12.3. The van der Waals surface area contributed by atoms with Gasteiger partial charge >= 0.3 is 0 Å². The van der Waals surface area contributed by atoms with E-state index in [1.54, 1.807) is 19.1 Å². The average Bonchev–Trinajstić information content (AvgIpc) is 2.47. The summed E-state index contributed by atoms with van der Waals surface area (Å²) in [5.74, 6) is 0.656. The maximum Gasteiger partial charge on any atom is 0.273 e. The highest BCUT2D eigenvalue weighted by molar-refractivity contribution is 5.97. The lowest BCUT2D eigenvalue weighted by molar-refractivity contribution is -0.385. The highest BCUT2D eigenvalue weighted by Gasteiger charge is 2.23. The summed E-state index contributed by atoms with van der Waals surface area (Å²) in [4.78, 5) is 22.8. The summed E-state index contributed by atoms with van der Waals surface area (Å²) in [6.07, 6.45) is 3.73. The molecule has 5 nitrogen and oxygen atoms in total. The van der Waals surface area contributed by atoms with Crippen LogP contribution in [0.1, 0.15) is 48.5 Å². The van der Waals surface area contributed by atoms with Crippen LogP contribution in [0.3, 0.4) is 0 Å². The summed E-state index contributed by atoms with van der Waals surface area (Å²) < 4.78 is 0. The number of hydrogen-bond acceptors (Lipinski definition) is 4. The zero-order chi connectivity index (χ0) is 15.4. The van der Waals surface area contributed by atoms with Gasteiger partial charge in [0.05, 0.1) is 4.92 Å². The van der Waals surface area contributed by atoms with Crippen molar-refractivity contribution in [3.8, 4) is 0 Å². The quantitative estimate of drug-likeness (QED) is 0.513. The van der Waals surface area contributed by atoms with E-state index in [2.05, 4.69) is 12.2 Å². The van der Waals surface area contributed by atoms with E-state index < -0.39 is 4.92 Å². The van der Waals surface area contributed by atoms with E-state index in [0.29, 0.717) is 23.5 Å². The first-order valence-corrected chi connectivity index (χ1v) is 7.53. The van der Waals surface area contributed by atoms with Crippen LogP contribution in [0.15, 0.2) is 18.2 Å². The molecule has 114 valence electrons. The highest BCUT2D eigenvalue weighted by atomic mass is 16.6. The fraction of sp³-hybridized carbons (Fsp3) is 0.562. The van der Waals surface area contributed by atoms with E-state index in [9.17, 15) is 14.9 Å². The van der Waals surface area contributed by atoms with Gasteiger partial charge in [-0.2, -0.15) is 0 Å². The van der Waals surface area contributed by atoms with Gasteiger partial charge in [-0.1, -0.05) is 25.5 Å². The van der Waals surface area contributed by atoms with Gasteiger partial charge in [0.2, 0.25) is 0 Å². The topological polar surface area (TPSA) is 72.2 Å². The first kappa shape index (κ1) is 15.6. The smallest absolute Gasteiger partial charge is 0.273 e. The fourth-order valence-electron chi connectivity index (χ4n) is 2.94. The van der Waals surface area contributed by atoms with Crippen LogP contribution in [0.5, 0.6) is 0 Å². The van der Waals surface area contributed by atoms with Crippen molar-refractivity contribution in [2.75, 3.05) is 6.54 Å². The summed E-state index contributed by atoms with van der Waals surface area (Å²) in [5, 5.41) is 14.3. The lowest BCUT2D eigenvalue weighted by atomic mass is 9.87. The molecule has 0 spiro atoms. The summed E-state index contributed by atoms with van der Waals surface area (Å²) in [7, 11) is 0. The average molecular weight is 290 g/mol. The molecule has 2 atom stereocenters. The molecule has 0 aliphatic carbocycles. The van der Waals surface area contributed by atoms with Crippen molar-refractivity contribution in [3.05, 3.63) is 39.4 Å². The number of benzene rings is 1. The Kier molecular flexibility index (Phi) is 5.07. The zero-order valence-corrected chi connectivity index (χ0v) is 12.6. The summed E-state index contributed by atoms with van der Waals surface area (Å²) in [6.45, 7) is 4.81. The maximum absolute atomic E-state index is 12.3. The monoisotopic (exact) mass is 290 g/mol. The second kappa shape index (κ2) is 6.80. The van der Waals surface area contributed by atoms with Crippen molar-refractivity contribution in [3.63, 3.8) is 0 Å². The molecular weight excluding hydrogens is 268 g/mol. The van der Waals surface area contributed by atoms with Crippen LogP contribution in [0.4, 0.5) is 5.69 Å². The number of Topliss-reactive ketones (excluding diaryl/α,β-unsaturated/α-hetero) is 1. The Balaban J connectivity index is 2.06. The summed E-state index contributed by atoms with van der Waals surface area (Å²) in [5.41, 5.74) is 1.04.